The molecule has 0 aliphatic carbocycles. The van der Waals surface area contributed by atoms with Gasteiger partial charge in [-0.15, -0.1) is 0 Å². The Morgan fingerprint density at radius 3 is 2.94 bits per heavy atom. The summed E-state index contributed by atoms with van der Waals surface area (Å²) in [5.41, 5.74) is 2.74. The third-order valence-electron chi connectivity index (χ3n) is 2.70. The number of halogens is 1. The van der Waals surface area contributed by atoms with Crippen LogP contribution in [-0.4, -0.2) is 22.1 Å². The monoisotopic (exact) mass is 303 g/mol. The number of benzene rings is 1. The number of nitrogens with one attached hydrogen (secondary N) is 1. The molecule has 0 bridgehead atoms. The van der Waals surface area contributed by atoms with Gasteiger partial charge >= 0.3 is 0 Å². The zero-order chi connectivity index (χ0) is 12.5. The number of methoxy groups -OCH3 is 1. The van der Waals surface area contributed by atoms with Gasteiger partial charge in [0.25, 0.3) is 0 Å². The summed E-state index contributed by atoms with van der Waals surface area (Å²) in [5.74, 6) is 1.55. The zero-order valence-corrected chi connectivity index (χ0v) is 11.2. The van der Waals surface area contributed by atoms with E-state index >= 15 is 0 Å². The fourth-order valence-electron chi connectivity index (χ4n) is 1.85. The molecule has 0 fully saturated rings. The van der Waals surface area contributed by atoms with Crippen molar-refractivity contribution in [3.63, 3.8) is 0 Å². The second-order valence-electron chi connectivity index (χ2n) is 3.82. The Labute approximate surface area is 112 Å². The van der Waals surface area contributed by atoms with E-state index in [2.05, 4.69) is 30.9 Å². The molecular weight excluding hydrogens is 294 g/mol. The van der Waals surface area contributed by atoms with Crippen molar-refractivity contribution in [2.75, 3.05) is 7.11 Å². The summed E-state index contributed by atoms with van der Waals surface area (Å²) >= 11 is 3.42. The van der Waals surface area contributed by atoms with Gasteiger partial charge in [0, 0.05) is 10.7 Å². The fourth-order valence-corrected chi connectivity index (χ4v) is 2.19. The zero-order valence-electron chi connectivity index (χ0n) is 9.64. The normalized spacial score (nSPS) is 10.8. The largest absolute Gasteiger partial charge is 0.496 e. The number of aromatic nitrogens is 3. The van der Waals surface area contributed by atoms with Gasteiger partial charge < -0.3 is 9.72 Å². The van der Waals surface area contributed by atoms with Crippen LogP contribution < -0.4 is 4.74 Å². The Bertz CT molecular complexity index is 675. The Morgan fingerprint density at radius 2 is 2.17 bits per heavy atom. The van der Waals surface area contributed by atoms with Gasteiger partial charge in [-0.1, -0.05) is 15.9 Å². The first-order chi connectivity index (χ1) is 8.78. The molecule has 1 N–H and O–H groups in total. The second-order valence-corrected chi connectivity index (χ2v) is 4.74. The Balaban J connectivity index is 2.19. The van der Waals surface area contributed by atoms with Crippen LogP contribution in [0.1, 0.15) is 0 Å². The summed E-state index contributed by atoms with van der Waals surface area (Å²) in [6.07, 6.45) is 3.49. The average molecular weight is 304 g/mol. The molecule has 0 unspecified atom stereocenters. The summed E-state index contributed by atoms with van der Waals surface area (Å²) in [5, 5.41) is 0. The van der Waals surface area contributed by atoms with Gasteiger partial charge in [-0.25, -0.2) is 4.98 Å². The number of hydrogen-bond donors (Lipinski definition) is 1. The number of hydrogen-bond acceptors (Lipinski definition) is 3. The van der Waals surface area contributed by atoms with Crippen LogP contribution >= 0.6 is 15.9 Å². The van der Waals surface area contributed by atoms with E-state index in [1.54, 1.807) is 19.5 Å². The highest BCUT2D eigenvalue weighted by molar-refractivity contribution is 9.10. The first kappa shape index (κ1) is 11.2. The van der Waals surface area contributed by atoms with Crippen molar-refractivity contribution in [1.29, 1.82) is 0 Å². The third kappa shape index (κ3) is 1.86. The molecule has 3 aromatic rings. The van der Waals surface area contributed by atoms with E-state index in [1.807, 2.05) is 24.3 Å². The summed E-state index contributed by atoms with van der Waals surface area (Å²) in [7, 11) is 1.65. The molecule has 0 spiro atoms. The van der Waals surface area contributed by atoms with E-state index in [9.17, 15) is 0 Å². The lowest BCUT2D eigenvalue weighted by Gasteiger charge is -2.06. The van der Waals surface area contributed by atoms with E-state index in [-0.39, 0.29) is 0 Å². The van der Waals surface area contributed by atoms with E-state index in [0.29, 0.717) is 0 Å². The van der Waals surface area contributed by atoms with E-state index in [1.165, 1.54) is 0 Å². The van der Waals surface area contributed by atoms with E-state index in [4.69, 9.17) is 4.74 Å². The molecule has 0 aliphatic rings. The van der Waals surface area contributed by atoms with Crippen molar-refractivity contribution in [1.82, 2.24) is 15.0 Å². The molecule has 5 heteroatoms. The Kier molecular flexibility index (Phi) is 2.76. The maximum Gasteiger partial charge on any atom is 0.142 e. The highest BCUT2D eigenvalue weighted by Gasteiger charge is 2.10. The van der Waals surface area contributed by atoms with Crippen LogP contribution in [0.5, 0.6) is 5.75 Å². The number of ether oxygens (including phenoxy) is 1. The summed E-state index contributed by atoms with van der Waals surface area (Å²) in [6.45, 7) is 0. The standard InChI is InChI=1S/C13H10BrN3O/c1-18-12-6-8(14)2-3-9(12)13-16-10-4-5-15-7-11(10)17-13/h2-7H,1H3,(H,16,17). The Morgan fingerprint density at radius 1 is 1.28 bits per heavy atom. The van der Waals surface area contributed by atoms with Crippen molar-refractivity contribution in [2.45, 2.75) is 0 Å². The molecule has 90 valence electrons. The van der Waals surface area contributed by atoms with Gasteiger partial charge in [-0.05, 0) is 24.3 Å². The van der Waals surface area contributed by atoms with Gasteiger partial charge in [0.1, 0.15) is 11.6 Å². The SMILES string of the molecule is COc1cc(Br)ccc1-c1nc2ccncc2[nH]1. The van der Waals surface area contributed by atoms with Crippen LogP contribution in [0.25, 0.3) is 22.4 Å². The van der Waals surface area contributed by atoms with Crippen molar-refractivity contribution < 1.29 is 4.74 Å². The van der Waals surface area contributed by atoms with Gasteiger partial charge in [-0.3, -0.25) is 4.98 Å². The van der Waals surface area contributed by atoms with Gasteiger partial charge in [0.05, 0.1) is 29.9 Å². The third-order valence-corrected chi connectivity index (χ3v) is 3.20. The number of imidazole rings is 1. The molecule has 18 heavy (non-hydrogen) atoms. The highest BCUT2D eigenvalue weighted by Crippen LogP contribution is 2.31. The molecular formula is C13H10BrN3O. The van der Waals surface area contributed by atoms with Crippen LogP contribution in [-0.2, 0) is 0 Å². The number of rotatable bonds is 2. The number of fused-ring (bicyclic) bond motifs is 1. The minimum Gasteiger partial charge on any atom is -0.496 e. The topological polar surface area (TPSA) is 50.8 Å². The maximum atomic E-state index is 5.37. The van der Waals surface area contributed by atoms with E-state index in [0.717, 1.165) is 32.6 Å². The fraction of sp³-hybridized carbons (Fsp3) is 0.0769. The van der Waals surface area contributed by atoms with Crippen LogP contribution in [0, 0.1) is 0 Å². The van der Waals surface area contributed by atoms with E-state index < -0.39 is 0 Å². The van der Waals surface area contributed by atoms with Crippen molar-refractivity contribution in [3.05, 3.63) is 41.1 Å². The molecule has 3 rings (SSSR count). The molecule has 0 radical (unpaired) electrons. The van der Waals surface area contributed by atoms with Gasteiger partial charge in [0.2, 0.25) is 0 Å². The minimum absolute atomic E-state index is 0.774. The molecule has 2 aromatic heterocycles. The van der Waals surface area contributed by atoms with Gasteiger partial charge in [0.15, 0.2) is 0 Å². The lowest BCUT2D eigenvalue weighted by Crippen LogP contribution is -1.89. The van der Waals surface area contributed by atoms with Crippen LogP contribution in [0.4, 0.5) is 0 Å². The molecule has 0 aliphatic heterocycles. The second kappa shape index (κ2) is 4.42. The van der Waals surface area contributed by atoms with Crippen LogP contribution in [0.3, 0.4) is 0 Å². The first-order valence-corrected chi connectivity index (χ1v) is 6.21. The van der Waals surface area contributed by atoms with Crippen LogP contribution in [0.15, 0.2) is 41.1 Å². The lowest BCUT2D eigenvalue weighted by atomic mass is 10.2. The summed E-state index contributed by atoms with van der Waals surface area (Å²) in [4.78, 5) is 11.8. The van der Waals surface area contributed by atoms with Crippen LogP contribution in [0.2, 0.25) is 0 Å². The van der Waals surface area contributed by atoms with Gasteiger partial charge in [-0.2, -0.15) is 0 Å². The molecule has 0 saturated heterocycles. The smallest absolute Gasteiger partial charge is 0.142 e. The van der Waals surface area contributed by atoms with Crippen molar-refractivity contribution >= 4 is 27.0 Å². The first-order valence-electron chi connectivity index (χ1n) is 5.41. The molecule has 1 aromatic carbocycles. The summed E-state index contributed by atoms with van der Waals surface area (Å²) in [6, 6.07) is 7.72. The molecule has 0 saturated carbocycles. The predicted octanol–water partition coefficient (Wildman–Crippen LogP) is 3.40. The number of pyridine rings is 1. The number of H-pyrrole nitrogens is 1. The van der Waals surface area contributed by atoms with Crippen molar-refractivity contribution in [3.8, 4) is 17.1 Å². The number of aromatic amines is 1. The molecule has 2 heterocycles. The number of nitrogens with zero attached hydrogens (tertiary/aromatic N) is 2. The highest BCUT2D eigenvalue weighted by atomic mass is 79.9. The van der Waals surface area contributed by atoms with Crippen molar-refractivity contribution in [2.24, 2.45) is 0 Å². The minimum atomic E-state index is 0.774. The Hall–Kier alpha value is -1.88. The molecule has 0 amide bonds. The molecule has 0 atom stereocenters. The lowest BCUT2D eigenvalue weighted by molar-refractivity contribution is 0.416. The summed E-state index contributed by atoms with van der Waals surface area (Å²) < 4.78 is 6.34. The quantitative estimate of drug-likeness (QED) is 0.789. The molecule has 4 nitrogen and oxygen atoms in total. The predicted molar refractivity (Wildman–Crippen MR) is 73.6 cm³/mol. The maximum absolute atomic E-state index is 5.37. The average Bonchev–Trinajstić information content (AvgIpc) is 2.82.